The van der Waals surface area contributed by atoms with Crippen molar-refractivity contribution in [2.24, 2.45) is 16.1 Å². The first-order chi connectivity index (χ1) is 12.0. The lowest BCUT2D eigenvalue weighted by Gasteiger charge is -2.30. The average molecular weight is 359 g/mol. The topological polar surface area (TPSA) is 57.1 Å². The first-order valence-electron chi connectivity index (χ1n) is 8.87. The maximum absolute atomic E-state index is 11.2. The van der Waals surface area contributed by atoms with E-state index in [0.29, 0.717) is 10.9 Å². The second kappa shape index (κ2) is 8.15. The molecule has 0 spiro atoms. The Morgan fingerprint density at radius 1 is 1.28 bits per heavy atom. The van der Waals surface area contributed by atoms with Crippen LogP contribution in [0.25, 0.3) is 0 Å². The molecule has 6 heteroatoms. The molecule has 1 amide bonds. The fourth-order valence-electron chi connectivity index (χ4n) is 3.21. The molecule has 0 atom stereocenters. The van der Waals surface area contributed by atoms with Gasteiger partial charge in [0.25, 0.3) is 0 Å². The molecule has 0 unspecified atom stereocenters. The van der Waals surface area contributed by atoms with Gasteiger partial charge in [-0.15, -0.1) is 5.10 Å². The van der Waals surface area contributed by atoms with Gasteiger partial charge in [-0.05, 0) is 74.0 Å². The molecule has 2 fully saturated rings. The van der Waals surface area contributed by atoms with Crippen LogP contribution >= 0.6 is 11.8 Å². The molecule has 25 heavy (non-hydrogen) atoms. The summed E-state index contributed by atoms with van der Waals surface area (Å²) in [5.74, 6) is 1.27. The minimum absolute atomic E-state index is 0.0106. The number of hydrogen-bond donors (Lipinski definition) is 1. The Bertz CT molecular complexity index is 706. The Hall–Kier alpha value is -1.66. The summed E-state index contributed by atoms with van der Waals surface area (Å²) in [6.07, 6.45) is 4.37. The van der Waals surface area contributed by atoms with Gasteiger partial charge in [0, 0.05) is 6.54 Å². The Kier molecular flexibility index (Phi) is 5.91. The first kappa shape index (κ1) is 18.1. The number of nitrogens with zero attached hydrogens (tertiary/aromatic N) is 3. The van der Waals surface area contributed by atoms with Crippen molar-refractivity contribution >= 4 is 29.1 Å². The van der Waals surface area contributed by atoms with Crippen molar-refractivity contribution < 1.29 is 4.79 Å². The molecule has 0 bridgehead atoms. The number of rotatable bonds is 4. The standard InChI is InChI=1S/C19H26N4OS/c1-13-4-6-23(7-5-13)11-17-9-16(14(2)8-15(17)3)10-20-22-19-21-18(24)12-25-19/h8-10,13H,4-7,11-12H2,1-3H3,(H,21,22,24). The summed E-state index contributed by atoms with van der Waals surface area (Å²) in [4.78, 5) is 13.7. The summed E-state index contributed by atoms with van der Waals surface area (Å²) in [5, 5.41) is 11.5. The molecule has 0 aromatic heterocycles. The maximum Gasteiger partial charge on any atom is 0.236 e. The molecular formula is C19H26N4OS. The van der Waals surface area contributed by atoms with E-state index in [1.807, 2.05) is 0 Å². The third-order valence-electron chi connectivity index (χ3n) is 4.93. The molecule has 2 saturated heterocycles. The molecule has 134 valence electrons. The lowest BCUT2D eigenvalue weighted by atomic mass is 9.96. The number of likely N-dealkylation sites (tertiary alicyclic amines) is 1. The number of nitrogens with one attached hydrogen (secondary N) is 1. The minimum atomic E-state index is -0.0106. The largest absolute Gasteiger partial charge is 0.303 e. The molecule has 1 aromatic carbocycles. The molecule has 1 N–H and O–H groups in total. The van der Waals surface area contributed by atoms with E-state index < -0.39 is 0 Å². The number of carbonyl (C=O) groups is 1. The lowest BCUT2D eigenvalue weighted by Crippen LogP contribution is -2.32. The van der Waals surface area contributed by atoms with Gasteiger partial charge in [0.05, 0.1) is 12.0 Å². The highest BCUT2D eigenvalue weighted by atomic mass is 32.2. The molecule has 1 aromatic rings. The van der Waals surface area contributed by atoms with Crippen LogP contribution in [-0.4, -0.2) is 41.0 Å². The molecular weight excluding hydrogens is 332 g/mol. The lowest BCUT2D eigenvalue weighted by molar-refractivity contribution is -0.116. The Morgan fingerprint density at radius 3 is 2.72 bits per heavy atom. The van der Waals surface area contributed by atoms with Crippen molar-refractivity contribution in [3.05, 3.63) is 34.4 Å². The number of aryl methyl sites for hydroxylation is 2. The molecule has 2 heterocycles. The van der Waals surface area contributed by atoms with Gasteiger partial charge in [-0.1, -0.05) is 24.8 Å². The van der Waals surface area contributed by atoms with E-state index in [1.165, 1.54) is 54.4 Å². The number of hydrogen-bond acceptors (Lipinski definition) is 5. The van der Waals surface area contributed by atoms with Crippen LogP contribution in [0.3, 0.4) is 0 Å². The van der Waals surface area contributed by atoms with E-state index in [2.05, 4.69) is 53.3 Å². The number of amidine groups is 1. The first-order valence-corrected chi connectivity index (χ1v) is 9.86. The molecule has 0 aliphatic carbocycles. The van der Waals surface area contributed by atoms with Crippen molar-refractivity contribution in [2.45, 2.75) is 40.2 Å². The van der Waals surface area contributed by atoms with Crippen molar-refractivity contribution in [3.63, 3.8) is 0 Å². The van der Waals surface area contributed by atoms with Gasteiger partial charge in [-0.2, -0.15) is 5.10 Å². The smallest absolute Gasteiger partial charge is 0.236 e. The van der Waals surface area contributed by atoms with Crippen molar-refractivity contribution in [1.29, 1.82) is 0 Å². The minimum Gasteiger partial charge on any atom is -0.303 e. The van der Waals surface area contributed by atoms with E-state index in [1.54, 1.807) is 6.21 Å². The second-order valence-electron chi connectivity index (χ2n) is 7.08. The van der Waals surface area contributed by atoms with Gasteiger partial charge in [0.1, 0.15) is 0 Å². The number of amides is 1. The van der Waals surface area contributed by atoms with Crippen LogP contribution in [-0.2, 0) is 11.3 Å². The summed E-state index contributed by atoms with van der Waals surface area (Å²) in [6.45, 7) is 9.99. The van der Waals surface area contributed by atoms with Crippen LogP contribution in [0.15, 0.2) is 22.3 Å². The van der Waals surface area contributed by atoms with Crippen LogP contribution in [0, 0.1) is 19.8 Å². The highest BCUT2D eigenvalue weighted by Gasteiger charge is 2.17. The summed E-state index contributed by atoms with van der Waals surface area (Å²) in [7, 11) is 0. The number of carbonyl (C=O) groups excluding carboxylic acids is 1. The number of piperidine rings is 1. The molecule has 3 rings (SSSR count). The van der Waals surface area contributed by atoms with Crippen molar-refractivity contribution in [2.75, 3.05) is 18.8 Å². The molecule has 2 aliphatic heterocycles. The van der Waals surface area contributed by atoms with E-state index >= 15 is 0 Å². The summed E-state index contributed by atoms with van der Waals surface area (Å²) >= 11 is 1.39. The van der Waals surface area contributed by atoms with Crippen molar-refractivity contribution in [3.8, 4) is 0 Å². The maximum atomic E-state index is 11.2. The Labute approximate surface area is 154 Å². The molecule has 0 radical (unpaired) electrons. The number of thioether (sulfide) groups is 1. The van der Waals surface area contributed by atoms with Gasteiger partial charge < -0.3 is 5.32 Å². The van der Waals surface area contributed by atoms with Crippen LogP contribution in [0.1, 0.15) is 42.0 Å². The Balaban J connectivity index is 1.70. The molecule has 5 nitrogen and oxygen atoms in total. The second-order valence-corrected chi connectivity index (χ2v) is 8.04. The zero-order valence-electron chi connectivity index (χ0n) is 15.2. The van der Waals surface area contributed by atoms with E-state index in [9.17, 15) is 4.79 Å². The van der Waals surface area contributed by atoms with E-state index in [0.717, 1.165) is 18.0 Å². The van der Waals surface area contributed by atoms with Gasteiger partial charge in [0.15, 0.2) is 5.17 Å². The quantitative estimate of drug-likeness (QED) is 0.665. The Morgan fingerprint density at radius 2 is 2.04 bits per heavy atom. The van der Waals surface area contributed by atoms with Crippen LogP contribution in [0.5, 0.6) is 0 Å². The monoisotopic (exact) mass is 358 g/mol. The number of benzene rings is 1. The summed E-state index contributed by atoms with van der Waals surface area (Å²) in [6, 6.07) is 4.45. The van der Waals surface area contributed by atoms with Gasteiger partial charge in [-0.25, -0.2) is 0 Å². The highest BCUT2D eigenvalue weighted by Crippen LogP contribution is 2.21. The van der Waals surface area contributed by atoms with Crippen LogP contribution < -0.4 is 5.32 Å². The van der Waals surface area contributed by atoms with E-state index in [4.69, 9.17) is 0 Å². The summed E-state index contributed by atoms with van der Waals surface area (Å²) < 4.78 is 0. The van der Waals surface area contributed by atoms with Crippen LogP contribution in [0.2, 0.25) is 0 Å². The predicted octanol–water partition coefficient (Wildman–Crippen LogP) is 3.09. The highest BCUT2D eigenvalue weighted by molar-refractivity contribution is 8.15. The SMILES string of the molecule is Cc1cc(C)c(CN2CCC(C)CC2)cc1C=NN=C1NC(=O)CS1. The zero-order valence-corrected chi connectivity index (χ0v) is 16.0. The van der Waals surface area contributed by atoms with Gasteiger partial charge in [0.2, 0.25) is 5.91 Å². The average Bonchev–Trinajstić information content (AvgIpc) is 2.99. The fourth-order valence-corrected chi connectivity index (χ4v) is 3.84. The van der Waals surface area contributed by atoms with Crippen molar-refractivity contribution in [1.82, 2.24) is 10.2 Å². The van der Waals surface area contributed by atoms with Gasteiger partial charge >= 0.3 is 0 Å². The molecule has 0 saturated carbocycles. The summed E-state index contributed by atoms with van der Waals surface area (Å²) in [5.41, 5.74) is 4.97. The normalized spacial score (nSPS) is 21.4. The fraction of sp³-hybridized carbons (Fsp3) is 0.526. The van der Waals surface area contributed by atoms with Gasteiger partial charge in [-0.3, -0.25) is 9.69 Å². The van der Waals surface area contributed by atoms with E-state index in [-0.39, 0.29) is 5.91 Å². The molecule has 2 aliphatic rings. The third kappa shape index (κ3) is 4.92. The zero-order chi connectivity index (χ0) is 17.8. The third-order valence-corrected chi connectivity index (χ3v) is 5.79. The van der Waals surface area contributed by atoms with Crippen LogP contribution in [0.4, 0.5) is 0 Å². The predicted molar refractivity (Wildman–Crippen MR) is 105 cm³/mol.